The molecule has 4 aromatic heterocycles. The molecule has 0 saturated carbocycles. The smallest absolute Gasteiger partial charge is 0.369 e. The Morgan fingerprint density at radius 3 is 1.79 bits per heavy atom. The van der Waals surface area contributed by atoms with Gasteiger partial charge in [0.05, 0.1) is 13.2 Å². The van der Waals surface area contributed by atoms with Gasteiger partial charge in [0, 0.05) is 30.4 Å². The predicted molar refractivity (Wildman–Crippen MR) is 201 cm³/mol. The minimum Gasteiger partial charge on any atom is -0.369 e. The van der Waals surface area contributed by atoms with Crippen molar-refractivity contribution in [2.75, 3.05) is 0 Å². The standard InChI is InChI=1S/C17H16ClN3OS.C10H10BrN3OS.C7H6Cl.BF3.K/c1-10-14(7-12-4-3-5-13(18)6-12)15-8-22-9-16-20-19-11(2)21(16)17(15)23-10;1-5-9(11)7-3-15-4-8-13-12-6(2)14(8)10(7)16-5;1-6-3-2-4-7(8)5-6;2-1(3)4;/h3-6H,7-9H2,1-2H3;3-4H2,1-2H3;2-5H,1H2;;/q;;-1;;+1. The molecule has 8 nitrogen and oxygen atoms in total. The summed E-state index contributed by atoms with van der Waals surface area (Å²) in [5.41, 5.74) is 5.94. The molecular weight excluding hydrogens is 846 g/mol. The van der Waals surface area contributed by atoms with Crippen LogP contribution in [0.4, 0.5) is 12.9 Å². The van der Waals surface area contributed by atoms with Crippen LogP contribution in [0.1, 0.15) is 60.9 Å². The van der Waals surface area contributed by atoms with Crippen LogP contribution in [0.3, 0.4) is 0 Å². The third-order valence-corrected chi connectivity index (χ3v) is 11.8. The van der Waals surface area contributed by atoms with Crippen molar-refractivity contribution < 1.29 is 73.8 Å². The second-order valence-corrected chi connectivity index (χ2v) is 15.4. The van der Waals surface area contributed by atoms with Crippen LogP contribution in [0.2, 0.25) is 10.0 Å². The fraction of sp³-hybridized carbons (Fsp3) is 0.265. The number of hydrogen-bond acceptors (Lipinski definition) is 8. The number of fused-ring (bicyclic) bond motifs is 6. The number of halogens is 6. The first-order valence-electron chi connectivity index (χ1n) is 15.4. The number of nitrogens with zero attached hydrogens (tertiary/aromatic N) is 6. The van der Waals surface area contributed by atoms with Gasteiger partial charge >= 0.3 is 58.9 Å². The molecule has 52 heavy (non-hydrogen) atoms. The van der Waals surface area contributed by atoms with Gasteiger partial charge in [0.1, 0.15) is 34.9 Å². The van der Waals surface area contributed by atoms with Crippen molar-refractivity contribution in [2.45, 2.75) is 60.5 Å². The van der Waals surface area contributed by atoms with E-state index in [9.17, 15) is 12.9 Å². The molecule has 0 N–H and O–H groups in total. The number of aromatic nitrogens is 6. The minimum absolute atomic E-state index is 0. The molecule has 0 spiro atoms. The third kappa shape index (κ3) is 10.8. The first kappa shape index (κ1) is 43.2. The van der Waals surface area contributed by atoms with Gasteiger partial charge in [-0.05, 0) is 78.3 Å². The number of rotatable bonds is 2. The van der Waals surface area contributed by atoms with Gasteiger partial charge in [-0.3, -0.25) is 22.1 Å². The summed E-state index contributed by atoms with van der Waals surface area (Å²) in [6.07, 6.45) is 0.859. The molecule has 8 rings (SSSR count). The van der Waals surface area contributed by atoms with Crippen LogP contribution in [-0.4, -0.2) is 37.1 Å². The Bertz CT molecular complexity index is 2110. The minimum atomic E-state index is -3.67. The molecular formula is C34H32BBrCl2F3KN6O2S2. The number of hydrogen-bond donors (Lipinski definition) is 0. The van der Waals surface area contributed by atoms with Crippen molar-refractivity contribution >= 4 is 69.3 Å². The Morgan fingerprint density at radius 2 is 1.27 bits per heavy atom. The maximum atomic E-state index is 9.67. The summed E-state index contributed by atoms with van der Waals surface area (Å²) in [5.74, 6) is 3.57. The average Bonchev–Trinajstić information content (AvgIpc) is 3.70. The molecule has 268 valence electrons. The van der Waals surface area contributed by atoms with Crippen molar-refractivity contribution in [3.05, 3.63) is 131 Å². The fourth-order valence-electron chi connectivity index (χ4n) is 5.44. The Hall–Kier alpha value is -1.54. The van der Waals surface area contributed by atoms with Gasteiger partial charge in [0.15, 0.2) is 11.6 Å². The maximum absolute atomic E-state index is 9.67. The Kier molecular flexibility index (Phi) is 16.5. The zero-order chi connectivity index (χ0) is 36.8. The summed E-state index contributed by atoms with van der Waals surface area (Å²) >= 11 is 18.9. The first-order chi connectivity index (χ1) is 24.3. The van der Waals surface area contributed by atoms with Gasteiger partial charge in [-0.1, -0.05) is 41.4 Å². The molecule has 2 aromatic carbocycles. The second-order valence-electron chi connectivity index (χ2n) is 11.3. The van der Waals surface area contributed by atoms with Gasteiger partial charge in [-0.2, -0.15) is 18.6 Å². The molecule has 18 heteroatoms. The van der Waals surface area contributed by atoms with E-state index in [0.29, 0.717) is 26.4 Å². The SMILES string of the molecule is Cc1sc2c(c1Br)COCc1nnc(C)n1-2.Cc1sc2c(c1Cc1cccc(Cl)c1)COCc1nnc(C)n1-2.FB(F)F.[CH2-]c1cccc(Cl)c1.[K+]. The van der Waals surface area contributed by atoms with E-state index >= 15 is 0 Å². The van der Waals surface area contributed by atoms with E-state index in [1.165, 1.54) is 42.0 Å². The zero-order valence-corrected chi connectivity index (χ0v) is 36.9. The quantitative estimate of drug-likeness (QED) is 0.134. The first-order valence-corrected chi connectivity index (χ1v) is 18.6. The number of benzene rings is 2. The number of aryl methyl sites for hydroxylation is 4. The molecule has 0 fully saturated rings. The molecule has 0 bridgehead atoms. The van der Waals surface area contributed by atoms with E-state index in [2.05, 4.69) is 72.3 Å². The Morgan fingerprint density at radius 1 is 0.769 bits per heavy atom. The summed E-state index contributed by atoms with van der Waals surface area (Å²) in [6.45, 7) is 14.2. The van der Waals surface area contributed by atoms with Crippen LogP contribution in [0, 0.1) is 34.6 Å². The van der Waals surface area contributed by atoms with Crippen molar-refractivity contribution in [2.24, 2.45) is 0 Å². The van der Waals surface area contributed by atoms with E-state index in [4.69, 9.17) is 32.7 Å². The van der Waals surface area contributed by atoms with E-state index < -0.39 is 7.54 Å². The van der Waals surface area contributed by atoms with E-state index in [1.54, 1.807) is 22.7 Å². The number of ether oxygens (including phenoxy) is 2. The molecule has 0 saturated heterocycles. The van der Waals surface area contributed by atoms with Crippen molar-refractivity contribution in [1.82, 2.24) is 29.5 Å². The Labute approximate surface area is 369 Å². The van der Waals surface area contributed by atoms with Crippen LogP contribution in [0.5, 0.6) is 0 Å². The monoisotopic (exact) mass is 876 g/mol. The summed E-state index contributed by atoms with van der Waals surface area (Å²) in [6, 6.07) is 15.5. The van der Waals surface area contributed by atoms with E-state index in [-0.39, 0.29) is 51.4 Å². The average molecular weight is 879 g/mol. The van der Waals surface area contributed by atoms with Crippen molar-refractivity contribution in [1.29, 1.82) is 0 Å². The molecule has 0 amide bonds. The van der Waals surface area contributed by atoms with Crippen LogP contribution < -0.4 is 51.4 Å². The molecule has 2 aliphatic rings. The van der Waals surface area contributed by atoms with E-state index in [0.717, 1.165) is 49.8 Å². The molecule has 0 atom stereocenters. The van der Waals surface area contributed by atoms with Gasteiger partial charge in [-0.25, -0.2) is 0 Å². The van der Waals surface area contributed by atoms with Crippen molar-refractivity contribution in [3.63, 3.8) is 0 Å². The number of thiophene rings is 2. The van der Waals surface area contributed by atoms with Gasteiger partial charge < -0.3 is 9.47 Å². The van der Waals surface area contributed by atoms with Crippen LogP contribution >= 0.6 is 61.8 Å². The Balaban J connectivity index is 0.000000180. The topological polar surface area (TPSA) is 79.9 Å². The molecule has 0 radical (unpaired) electrons. The zero-order valence-electron chi connectivity index (χ0n) is 29.0. The van der Waals surface area contributed by atoms with Crippen LogP contribution in [0.25, 0.3) is 10.0 Å². The van der Waals surface area contributed by atoms with E-state index in [1.807, 2.05) is 56.3 Å². The summed E-state index contributed by atoms with van der Waals surface area (Å²) in [5, 5.41) is 20.5. The maximum Gasteiger partial charge on any atom is 1.00 e. The fourth-order valence-corrected chi connectivity index (χ4v) is 8.90. The molecule has 0 aliphatic carbocycles. The predicted octanol–water partition coefficient (Wildman–Crippen LogP) is 7.36. The van der Waals surface area contributed by atoms with Gasteiger partial charge in [0.25, 0.3) is 0 Å². The summed E-state index contributed by atoms with van der Waals surface area (Å²) < 4.78 is 45.8. The normalized spacial score (nSPS) is 12.3. The summed E-state index contributed by atoms with van der Waals surface area (Å²) in [4.78, 5) is 2.56. The van der Waals surface area contributed by atoms with Gasteiger partial charge in [0.2, 0.25) is 0 Å². The largest absolute Gasteiger partial charge is 1.00 e. The van der Waals surface area contributed by atoms with Crippen LogP contribution in [0.15, 0.2) is 53.0 Å². The molecule has 6 heterocycles. The molecule has 0 unspecified atom stereocenters. The second kappa shape index (κ2) is 19.9. The molecule has 2 aliphatic heterocycles. The summed E-state index contributed by atoms with van der Waals surface area (Å²) in [7, 11) is -3.67. The van der Waals surface area contributed by atoms with Crippen molar-refractivity contribution in [3.8, 4) is 10.0 Å². The van der Waals surface area contributed by atoms with Crippen LogP contribution in [-0.2, 0) is 42.3 Å². The third-order valence-electron chi connectivity index (χ3n) is 7.68. The van der Waals surface area contributed by atoms with Gasteiger partial charge in [-0.15, -0.1) is 55.2 Å². The molecule has 6 aromatic rings.